The Labute approximate surface area is 214 Å². The summed E-state index contributed by atoms with van der Waals surface area (Å²) in [6.07, 6.45) is 5.31. The van der Waals surface area contributed by atoms with E-state index >= 15 is 0 Å². The van der Waals surface area contributed by atoms with E-state index < -0.39 is 0 Å². The van der Waals surface area contributed by atoms with Crippen molar-refractivity contribution < 1.29 is 9.53 Å². The van der Waals surface area contributed by atoms with Crippen LogP contribution in [0.25, 0.3) is 22.3 Å². The lowest BCUT2D eigenvalue weighted by Crippen LogP contribution is -2.27. The van der Waals surface area contributed by atoms with Gasteiger partial charge < -0.3 is 15.4 Å². The Morgan fingerprint density at radius 1 is 0.973 bits per heavy atom. The molecular formula is C30H25N5O2. The summed E-state index contributed by atoms with van der Waals surface area (Å²) in [4.78, 5) is 27.2. The largest absolute Gasteiger partial charge is 0.497 e. The van der Waals surface area contributed by atoms with E-state index in [2.05, 4.69) is 27.8 Å². The number of carbonyl (C=O) groups excluding carboxylic acids is 1. The topological polar surface area (TPSA) is 89.0 Å². The van der Waals surface area contributed by atoms with E-state index in [0.717, 1.165) is 29.3 Å². The molecule has 2 heterocycles. The lowest BCUT2D eigenvalue weighted by molar-refractivity contribution is 0.0937. The van der Waals surface area contributed by atoms with Crippen molar-refractivity contribution in [1.29, 1.82) is 0 Å². The molecule has 1 atom stereocenters. The van der Waals surface area contributed by atoms with Crippen LogP contribution < -0.4 is 15.4 Å². The maximum absolute atomic E-state index is 13.5. The number of pyridine rings is 1. The summed E-state index contributed by atoms with van der Waals surface area (Å²) in [6, 6.07) is 25.2. The van der Waals surface area contributed by atoms with Crippen molar-refractivity contribution in [2.75, 3.05) is 12.4 Å². The molecule has 0 bridgehead atoms. The molecule has 1 aliphatic rings. The van der Waals surface area contributed by atoms with Gasteiger partial charge in [0.2, 0.25) is 0 Å². The van der Waals surface area contributed by atoms with Crippen molar-refractivity contribution in [3.63, 3.8) is 0 Å². The molecule has 0 fully saturated rings. The highest BCUT2D eigenvalue weighted by atomic mass is 16.5. The summed E-state index contributed by atoms with van der Waals surface area (Å²) in [5.74, 6) is 1.68. The van der Waals surface area contributed by atoms with Crippen molar-refractivity contribution in [2.45, 2.75) is 18.9 Å². The third-order valence-corrected chi connectivity index (χ3v) is 6.69. The van der Waals surface area contributed by atoms with Crippen molar-refractivity contribution in [2.24, 2.45) is 0 Å². The fraction of sp³-hybridized carbons (Fsp3) is 0.133. The van der Waals surface area contributed by atoms with Crippen molar-refractivity contribution in [1.82, 2.24) is 20.3 Å². The van der Waals surface area contributed by atoms with Crippen molar-refractivity contribution >= 4 is 28.3 Å². The van der Waals surface area contributed by atoms with Gasteiger partial charge in [0.15, 0.2) is 5.82 Å². The lowest BCUT2D eigenvalue weighted by Gasteiger charge is -2.17. The highest BCUT2D eigenvalue weighted by Crippen LogP contribution is 2.33. The molecule has 7 nitrogen and oxygen atoms in total. The predicted octanol–water partition coefficient (Wildman–Crippen LogP) is 5.86. The van der Waals surface area contributed by atoms with E-state index in [9.17, 15) is 4.79 Å². The SMILES string of the molecule is COc1ccc2nc(-c3cccnc3)nc(Nc3ccccc3C(=O)N[C@@H]3CCc4ccccc43)c2c1. The van der Waals surface area contributed by atoms with Crippen LogP contribution in [-0.4, -0.2) is 28.0 Å². The third-order valence-electron chi connectivity index (χ3n) is 6.69. The molecule has 0 saturated carbocycles. The van der Waals surface area contributed by atoms with E-state index in [1.165, 1.54) is 11.1 Å². The van der Waals surface area contributed by atoms with E-state index in [0.29, 0.717) is 28.6 Å². The van der Waals surface area contributed by atoms with Crippen molar-refractivity contribution in [3.05, 3.63) is 108 Å². The van der Waals surface area contributed by atoms with Crippen LogP contribution in [0.15, 0.2) is 91.3 Å². The van der Waals surface area contributed by atoms with Gasteiger partial charge in [-0.2, -0.15) is 0 Å². The second kappa shape index (κ2) is 9.70. The Morgan fingerprint density at radius 3 is 2.70 bits per heavy atom. The summed E-state index contributed by atoms with van der Waals surface area (Å²) in [5, 5.41) is 7.43. The van der Waals surface area contributed by atoms with Crippen molar-refractivity contribution in [3.8, 4) is 17.1 Å². The zero-order valence-electron chi connectivity index (χ0n) is 20.3. The normalized spacial score (nSPS) is 14.2. The summed E-state index contributed by atoms with van der Waals surface area (Å²) in [5.41, 5.74) is 5.24. The minimum Gasteiger partial charge on any atom is -0.497 e. The molecule has 0 spiro atoms. The maximum atomic E-state index is 13.5. The highest BCUT2D eigenvalue weighted by molar-refractivity contribution is 6.02. The molecule has 1 amide bonds. The molecule has 0 saturated heterocycles. The molecule has 6 rings (SSSR count). The van der Waals surface area contributed by atoms with Crippen LogP contribution in [0.1, 0.15) is 33.9 Å². The monoisotopic (exact) mass is 487 g/mol. The Balaban J connectivity index is 1.37. The third kappa shape index (κ3) is 4.47. The first-order valence-electron chi connectivity index (χ1n) is 12.2. The Kier molecular flexibility index (Phi) is 5.94. The Hall–Kier alpha value is -4.78. The van der Waals surface area contributed by atoms with E-state index in [-0.39, 0.29) is 11.9 Å². The number of hydrogen-bond donors (Lipinski definition) is 2. The molecule has 0 radical (unpaired) electrons. The molecule has 7 heteroatoms. The maximum Gasteiger partial charge on any atom is 0.253 e. The number of ether oxygens (including phenoxy) is 1. The number of anilines is 2. The molecular weight excluding hydrogens is 462 g/mol. The van der Waals surface area contributed by atoms with E-state index in [4.69, 9.17) is 14.7 Å². The number of nitrogens with one attached hydrogen (secondary N) is 2. The fourth-order valence-corrected chi connectivity index (χ4v) is 4.81. The number of hydrogen-bond acceptors (Lipinski definition) is 6. The number of para-hydroxylation sites is 1. The molecule has 182 valence electrons. The second-order valence-electron chi connectivity index (χ2n) is 8.95. The minimum atomic E-state index is -0.131. The molecule has 0 aliphatic heterocycles. The zero-order valence-corrected chi connectivity index (χ0v) is 20.3. The predicted molar refractivity (Wildman–Crippen MR) is 144 cm³/mol. The molecule has 5 aromatic rings. The standard InChI is InChI=1S/C30H25N5O2/c1-37-21-13-15-27-24(17-21)29(35-28(32-27)20-8-6-16-31-18-20)33-25-11-5-4-10-23(25)30(36)34-26-14-12-19-7-2-3-9-22(19)26/h2-11,13,15-18,26H,12,14H2,1H3,(H,34,36)(H,32,33,35)/t26-/m1/s1. The molecule has 3 aromatic carbocycles. The first-order valence-corrected chi connectivity index (χ1v) is 12.2. The zero-order chi connectivity index (χ0) is 25.2. The van der Waals surface area contributed by atoms with Crippen LogP contribution >= 0.6 is 0 Å². The number of fused-ring (bicyclic) bond motifs is 2. The number of methoxy groups -OCH3 is 1. The molecule has 37 heavy (non-hydrogen) atoms. The van der Waals surface area contributed by atoms with Gasteiger partial charge in [0.25, 0.3) is 5.91 Å². The van der Waals surface area contributed by atoms with Crippen LogP contribution in [0.4, 0.5) is 11.5 Å². The number of benzene rings is 3. The van der Waals surface area contributed by atoms with Crippen LogP contribution in [0, 0.1) is 0 Å². The average molecular weight is 488 g/mol. The van der Waals surface area contributed by atoms with Crippen LogP contribution in [-0.2, 0) is 6.42 Å². The number of aromatic nitrogens is 3. The average Bonchev–Trinajstić information content (AvgIpc) is 3.36. The smallest absolute Gasteiger partial charge is 0.253 e. The fourth-order valence-electron chi connectivity index (χ4n) is 4.81. The van der Waals surface area contributed by atoms with Gasteiger partial charge in [0.05, 0.1) is 29.9 Å². The number of carbonyl (C=O) groups is 1. The van der Waals surface area contributed by atoms with Gasteiger partial charge in [-0.25, -0.2) is 9.97 Å². The van der Waals surface area contributed by atoms with Gasteiger partial charge in [-0.1, -0.05) is 36.4 Å². The number of amides is 1. The van der Waals surface area contributed by atoms with Gasteiger partial charge in [-0.05, 0) is 66.4 Å². The van der Waals surface area contributed by atoms with E-state index in [1.807, 2.05) is 66.7 Å². The quantitative estimate of drug-likeness (QED) is 0.312. The van der Waals surface area contributed by atoms with Gasteiger partial charge in [-0.15, -0.1) is 0 Å². The summed E-state index contributed by atoms with van der Waals surface area (Å²) >= 11 is 0. The number of rotatable bonds is 6. The van der Waals surface area contributed by atoms with Gasteiger partial charge in [0.1, 0.15) is 11.6 Å². The van der Waals surface area contributed by atoms with Gasteiger partial charge in [0, 0.05) is 23.3 Å². The molecule has 1 aliphatic carbocycles. The Morgan fingerprint density at radius 2 is 1.84 bits per heavy atom. The highest BCUT2D eigenvalue weighted by Gasteiger charge is 2.25. The molecule has 2 aromatic heterocycles. The first kappa shape index (κ1) is 22.7. The summed E-state index contributed by atoms with van der Waals surface area (Å²) < 4.78 is 5.45. The van der Waals surface area contributed by atoms with Gasteiger partial charge >= 0.3 is 0 Å². The molecule has 0 unspecified atom stereocenters. The van der Waals surface area contributed by atoms with Gasteiger partial charge in [-0.3, -0.25) is 9.78 Å². The second-order valence-corrected chi connectivity index (χ2v) is 8.95. The first-order chi connectivity index (χ1) is 18.2. The molecule has 2 N–H and O–H groups in total. The summed E-state index contributed by atoms with van der Waals surface area (Å²) in [7, 11) is 1.62. The summed E-state index contributed by atoms with van der Waals surface area (Å²) in [6.45, 7) is 0. The van der Waals surface area contributed by atoms with Crippen LogP contribution in [0.2, 0.25) is 0 Å². The van der Waals surface area contributed by atoms with Crippen LogP contribution in [0.3, 0.4) is 0 Å². The van der Waals surface area contributed by atoms with E-state index in [1.54, 1.807) is 19.5 Å². The minimum absolute atomic E-state index is 0.00178. The number of nitrogens with zero attached hydrogens (tertiary/aromatic N) is 3. The lowest BCUT2D eigenvalue weighted by atomic mass is 10.1. The number of aryl methyl sites for hydroxylation is 1. The van der Waals surface area contributed by atoms with Crippen LogP contribution in [0.5, 0.6) is 5.75 Å². The Bertz CT molecular complexity index is 1600.